The van der Waals surface area contributed by atoms with Crippen LogP contribution in [0.5, 0.6) is 0 Å². The van der Waals surface area contributed by atoms with Crippen molar-refractivity contribution in [3.05, 3.63) is 22.8 Å². The molecule has 1 aromatic heterocycles. The lowest BCUT2D eigenvalue weighted by molar-refractivity contribution is 0.0692. The third-order valence-corrected chi connectivity index (χ3v) is 3.16. The largest absolute Gasteiger partial charge is 0.396 e. The molecule has 0 aliphatic rings. The van der Waals surface area contributed by atoms with Gasteiger partial charge in [0, 0.05) is 31.9 Å². The SMILES string of the molecule is CCNc1ncc(C(=O)N(CCCO)C(C)C)cc1Cl. The van der Waals surface area contributed by atoms with Crippen LogP contribution in [0.1, 0.15) is 37.6 Å². The van der Waals surface area contributed by atoms with E-state index < -0.39 is 0 Å². The number of aromatic nitrogens is 1. The number of nitrogens with one attached hydrogen (secondary N) is 1. The maximum atomic E-state index is 12.4. The summed E-state index contributed by atoms with van der Waals surface area (Å²) >= 11 is 6.11. The van der Waals surface area contributed by atoms with E-state index in [1.807, 2.05) is 20.8 Å². The molecule has 1 heterocycles. The Kier molecular flexibility index (Phi) is 6.75. The van der Waals surface area contributed by atoms with Crippen molar-refractivity contribution in [1.82, 2.24) is 9.88 Å². The summed E-state index contributed by atoms with van der Waals surface area (Å²) in [6, 6.07) is 1.68. The standard InChI is InChI=1S/C14H22ClN3O2/c1-4-16-13-12(15)8-11(9-17-13)14(20)18(10(2)3)6-5-7-19/h8-10,19H,4-7H2,1-3H3,(H,16,17). The maximum absolute atomic E-state index is 12.4. The van der Waals surface area contributed by atoms with E-state index >= 15 is 0 Å². The molecule has 0 bridgehead atoms. The average Bonchev–Trinajstić information content (AvgIpc) is 2.41. The molecule has 0 aliphatic carbocycles. The van der Waals surface area contributed by atoms with Crippen molar-refractivity contribution in [3.8, 4) is 0 Å². The van der Waals surface area contributed by atoms with Crippen molar-refractivity contribution in [3.63, 3.8) is 0 Å². The molecule has 1 rings (SSSR count). The molecular formula is C14H22ClN3O2. The topological polar surface area (TPSA) is 65.5 Å². The van der Waals surface area contributed by atoms with Gasteiger partial charge in [-0.3, -0.25) is 4.79 Å². The number of hydrogen-bond acceptors (Lipinski definition) is 4. The van der Waals surface area contributed by atoms with Crippen LogP contribution in [-0.2, 0) is 0 Å². The number of nitrogens with zero attached hydrogens (tertiary/aromatic N) is 2. The maximum Gasteiger partial charge on any atom is 0.255 e. The van der Waals surface area contributed by atoms with Crippen LogP contribution >= 0.6 is 11.6 Å². The molecule has 0 saturated heterocycles. The number of halogens is 1. The average molecular weight is 300 g/mol. The minimum absolute atomic E-state index is 0.0567. The van der Waals surface area contributed by atoms with Crippen molar-refractivity contribution in [2.24, 2.45) is 0 Å². The second kappa shape index (κ2) is 8.07. The highest BCUT2D eigenvalue weighted by Crippen LogP contribution is 2.21. The summed E-state index contributed by atoms with van der Waals surface area (Å²) in [5.41, 5.74) is 0.461. The van der Waals surface area contributed by atoms with Gasteiger partial charge >= 0.3 is 0 Å². The first-order valence-electron chi connectivity index (χ1n) is 6.82. The van der Waals surface area contributed by atoms with Gasteiger partial charge < -0.3 is 15.3 Å². The highest BCUT2D eigenvalue weighted by atomic mass is 35.5. The normalized spacial score (nSPS) is 10.7. The van der Waals surface area contributed by atoms with Gasteiger partial charge in [0.05, 0.1) is 10.6 Å². The fourth-order valence-corrected chi connectivity index (χ4v) is 2.09. The van der Waals surface area contributed by atoms with Gasteiger partial charge in [0.15, 0.2) is 0 Å². The molecule has 0 aromatic carbocycles. The predicted octanol–water partition coefficient (Wildman–Crippen LogP) is 2.40. The first-order chi connectivity index (χ1) is 9.51. The van der Waals surface area contributed by atoms with Gasteiger partial charge in [-0.2, -0.15) is 0 Å². The Balaban J connectivity index is 2.91. The third kappa shape index (κ3) is 4.35. The monoisotopic (exact) mass is 299 g/mol. The molecular weight excluding hydrogens is 278 g/mol. The van der Waals surface area contributed by atoms with Crippen LogP contribution in [0, 0.1) is 0 Å². The molecule has 0 unspecified atom stereocenters. The number of rotatable bonds is 7. The van der Waals surface area contributed by atoms with Gasteiger partial charge in [-0.05, 0) is 33.3 Å². The van der Waals surface area contributed by atoms with Crippen LogP contribution in [0.25, 0.3) is 0 Å². The summed E-state index contributed by atoms with van der Waals surface area (Å²) in [5, 5.41) is 12.4. The highest BCUT2D eigenvalue weighted by molar-refractivity contribution is 6.33. The number of aliphatic hydroxyl groups is 1. The lowest BCUT2D eigenvalue weighted by atomic mass is 10.2. The van der Waals surface area contributed by atoms with E-state index in [0.717, 1.165) is 0 Å². The van der Waals surface area contributed by atoms with Crippen LogP contribution in [0.4, 0.5) is 5.82 Å². The zero-order valence-electron chi connectivity index (χ0n) is 12.2. The zero-order chi connectivity index (χ0) is 15.1. The molecule has 1 aromatic rings. The number of amides is 1. The Bertz CT molecular complexity index is 452. The van der Waals surface area contributed by atoms with E-state index in [-0.39, 0.29) is 18.6 Å². The van der Waals surface area contributed by atoms with Crippen molar-refractivity contribution in [2.75, 3.05) is 25.0 Å². The minimum Gasteiger partial charge on any atom is -0.396 e. The predicted molar refractivity (Wildman–Crippen MR) is 81.3 cm³/mol. The van der Waals surface area contributed by atoms with Crippen molar-refractivity contribution < 1.29 is 9.90 Å². The van der Waals surface area contributed by atoms with E-state index in [9.17, 15) is 4.79 Å². The second-order valence-electron chi connectivity index (χ2n) is 4.75. The van der Waals surface area contributed by atoms with E-state index in [1.165, 1.54) is 6.20 Å². The van der Waals surface area contributed by atoms with Crippen molar-refractivity contribution in [1.29, 1.82) is 0 Å². The number of carbonyl (C=O) groups is 1. The highest BCUT2D eigenvalue weighted by Gasteiger charge is 2.19. The fourth-order valence-electron chi connectivity index (χ4n) is 1.85. The van der Waals surface area contributed by atoms with Gasteiger partial charge in [0.1, 0.15) is 5.82 Å². The molecule has 2 N–H and O–H groups in total. The van der Waals surface area contributed by atoms with Gasteiger partial charge in [-0.25, -0.2) is 4.98 Å². The molecule has 0 saturated carbocycles. The summed E-state index contributed by atoms with van der Waals surface area (Å²) in [6.45, 7) is 7.13. The molecule has 6 heteroatoms. The Morgan fingerprint density at radius 1 is 1.55 bits per heavy atom. The van der Waals surface area contributed by atoms with E-state index in [0.29, 0.717) is 35.9 Å². The van der Waals surface area contributed by atoms with Crippen molar-refractivity contribution in [2.45, 2.75) is 33.2 Å². The first kappa shape index (κ1) is 16.7. The van der Waals surface area contributed by atoms with E-state index in [4.69, 9.17) is 16.7 Å². The Hall–Kier alpha value is -1.33. The van der Waals surface area contributed by atoms with Crippen molar-refractivity contribution >= 4 is 23.3 Å². The molecule has 0 radical (unpaired) electrons. The van der Waals surface area contributed by atoms with E-state index in [1.54, 1.807) is 11.0 Å². The summed E-state index contributed by atoms with van der Waals surface area (Å²) in [5.74, 6) is 0.461. The van der Waals surface area contributed by atoms with Gasteiger partial charge in [-0.1, -0.05) is 11.6 Å². The van der Waals surface area contributed by atoms with Gasteiger partial charge in [-0.15, -0.1) is 0 Å². The molecule has 1 amide bonds. The third-order valence-electron chi connectivity index (χ3n) is 2.87. The summed E-state index contributed by atoms with van der Waals surface area (Å²) < 4.78 is 0. The van der Waals surface area contributed by atoms with E-state index in [2.05, 4.69) is 10.3 Å². The lowest BCUT2D eigenvalue weighted by Crippen LogP contribution is -2.38. The quantitative estimate of drug-likeness (QED) is 0.811. The fraction of sp³-hybridized carbons (Fsp3) is 0.571. The van der Waals surface area contributed by atoms with Crippen LogP contribution in [0.2, 0.25) is 5.02 Å². The molecule has 112 valence electrons. The molecule has 5 nitrogen and oxygen atoms in total. The second-order valence-corrected chi connectivity index (χ2v) is 5.16. The van der Waals surface area contributed by atoms with Crippen LogP contribution < -0.4 is 5.32 Å². The Morgan fingerprint density at radius 3 is 2.75 bits per heavy atom. The molecule has 0 spiro atoms. The molecule has 0 atom stereocenters. The number of aliphatic hydroxyl groups excluding tert-OH is 1. The van der Waals surface area contributed by atoms with Gasteiger partial charge in [0.25, 0.3) is 5.91 Å². The number of anilines is 1. The van der Waals surface area contributed by atoms with Gasteiger partial charge in [0.2, 0.25) is 0 Å². The number of hydrogen-bond donors (Lipinski definition) is 2. The molecule has 0 fully saturated rings. The Labute approximate surface area is 125 Å². The summed E-state index contributed by atoms with van der Waals surface area (Å²) in [4.78, 5) is 18.3. The molecule has 0 aliphatic heterocycles. The number of carbonyl (C=O) groups excluding carboxylic acids is 1. The van der Waals surface area contributed by atoms with Crippen LogP contribution in [0.3, 0.4) is 0 Å². The minimum atomic E-state index is -0.120. The van der Waals surface area contributed by atoms with Crippen LogP contribution in [-0.4, -0.2) is 46.6 Å². The Morgan fingerprint density at radius 2 is 2.25 bits per heavy atom. The summed E-state index contributed by atoms with van der Waals surface area (Å²) in [6.07, 6.45) is 2.08. The number of pyridine rings is 1. The van der Waals surface area contributed by atoms with Crippen LogP contribution in [0.15, 0.2) is 12.3 Å². The molecule has 20 heavy (non-hydrogen) atoms. The summed E-state index contributed by atoms with van der Waals surface area (Å²) in [7, 11) is 0. The first-order valence-corrected chi connectivity index (χ1v) is 7.20. The smallest absolute Gasteiger partial charge is 0.255 e. The zero-order valence-corrected chi connectivity index (χ0v) is 12.9. The lowest BCUT2D eigenvalue weighted by Gasteiger charge is -2.26.